The molecule has 0 bridgehead atoms. The normalized spacial score (nSPS) is 10.7. The minimum Gasteiger partial charge on any atom is -0.382 e. The van der Waals surface area contributed by atoms with Crippen molar-refractivity contribution in [1.82, 2.24) is 4.90 Å². The van der Waals surface area contributed by atoms with Crippen LogP contribution < -0.4 is 0 Å². The fraction of sp³-hybridized carbons (Fsp3) is 0.941. The zero-order valence-electron chi connectivity index (χ0n) is 16.2. The Morgan fingerprint density at radius 3 is 1.24 bits per heavy atom. The van der Waals surface area contributed by atoms with E-state index in [1.54, 1.807) is 7.11 Å². The van der Waals surface area contributed by atoms with E-state index in [-0.39, 0.29) is 0 Å². The van der Waals surface area contributed by atoms with E-state index in [9.17, 15) is 0 Å². The van der Waals surface area contributed by atoms with E-state index in [4.69, 9.17) is 33.2 Å². The summed E-state index contributed by atoms with van der Waals surface area (Å²) in [6.07, 6.45) is 1.05. The van der Waals surface area contributed by atoms with Gasteiger partial charge in [0.1, 0.15) is 6.79 Å². The van der Waals surface area contributed by atoms with Crippen LogP contribution in [0.2, 0.25) is 0 Å². The summed E-state index contributed by atoms with van der Waals surface area (Å²) in [6.45, 7) is 9.77. The van der Waals surface area contributed by atoms with Crippen molar-refractivity contribution in [2.24, 2.45) is 0 Å². The van der Waals surface area contributed by atoms with Gasteiger partial charge in [-0.25, -0.2) is 0 Å². The number of hydrogen-bond acceptors (Lipinski definition) is 8. The van der Waals surface area contributed by atoms with Crippen molar-refractivity contribution in [2.75, 3.05) is 100 Å². The lowest BCUT2D eigenvalue weighted by Gasteiger charge is -2.10. The lowest BCUT2D eigenvalue weighted by atomic mass is 10.4. The molecule has 0 aliphatic heterocycles. The lowest BCUT2D eigenvalue weighted by Crippen LogP contribution is -2.16. The Kier molecular flexibility index (Phi) is 27.3. The molecule has 152 valence electrons. The Labute approximate surface area is 152 Å². The van der Waals surface area contributed by atoms with E-state index in [0.717, 1.165) is 19.6 Å². The van der Waals surface area contributed by atoms with E-state index in [2.05, 4.69) is 19.0 Å². The lowest BCUT2D eigenvalue weighted by molar-refractivity contribution is -0.0979. The molecule has 0 aromatic heterocycles. The minimum absolute atomic E-state index is 0.572. The van der Waals surface area contributed by atoms with Gasteiger partial charge in [0.2, 0.25) is 0 Å². The van der Waals surface area contributed by atoms with Crippen LogP contribution in [0.3, 0.4) is 0 Å². The molecule has 0 aliphatic rings. The molecule has 0 heterocycles. The molecule has 0 rings (SSSR count). The fourth-order valence-corrected chi connectivity index (χ4v) is 1.61. The van der Waals surface area contributed by atoms with E-state index >= 15 is 0 Å². The molecule has 0 spiro atoms. The van der Waals surface area contributed by atoms with Crippen LogP contribution in [-0.2, 0) is 33.2 Å². The number of hydrogen-bond donors (Lipinski definition) is 0. The van der Waals surface area contributed by atoms with Crippen molar-refractivity contribution >= 4 is 6.79 Å². The maximum atomic E-state index is 8.00. The van der Waals surface area contributed by atoms with Crippen molar-refractivity contribution in [1.29, 1.82) is 0 Å². The van der Waals surface area contributed by atoms with Crippen LogP contribution in [0.5, 0.6) is 0 Å². The van der Waals surface area contributed by atoms with E-state index in [1.807, 2.05) is 6.79 Å². The standard InChI is InChI=1S/C16H35NO6.CH2O/c1-17(2)5-4-6-19-9-10-21-13-14-23-16-15-22-12-11-20-8-7-18-3;1-2/h4-16H2,1-3H3;1H2. The number of carbonyl (C=O) groups is 1. The third-order valence-electron chi connectivity index (χ3n) is 2.81. The predicted octanol–water partition coefficient (Wildman–Crippen LogP) is 0.483. The molecule has 0 amide bonds. The van der Waals surface area contributed by atoms with Crippen LogP contribution in [0.25, 0.3) is 0 Å². The highest BCUT2D eigenvalue weighted by atomic mass is 16.6. The summed E-state index contributed by atoms with van der Waals surface area (Å²) >= 11 is 0. The average Bonchev–Trinajstić information content (AvgIpc) is 2.62. The second-order valence-corrected chi connectivity index (χ2v) is 5.21. The first-order chi connectivity index (χ1) is 12.3. The van der Waals surface area contributed by atoms with Crippen LogP contribution in [0.4, 0.5) is 0 Å². The largest absolute Gasteiger partial charge is 0.382 e. The molecular weight excluding hydrogens is 330 g/mol. The number of nitrogens with zero attached hydrogens (tertiary/aromatic N) is 1. The Morgan fingerprint density at radius 1 is 0.600 bits per heavy atom. The molecule has 0 atom stereocenters. The highest BCUT2D eigenvalue weighted by Gasteiger charge is 1.94. The first-order valence-corrected chi connectivity index (χ1v) is 8.58. The zero-order valence-corrected chi connectivity index (χ0v) is 16.2. The Bertz CT molecular complexity index is 233. The first-order valence-electron chi connectivity index (χ1n) is 8.58. The van der Waals surface area contributed by atoms with Gasteiger partial charge in [-0.2, -0.15) is 0 Å². The maximum Gasteiger partial charge on any atom is 0.106 e. The Balaban J connectivity index is 0. The molecule has 0 saturated heterocycles. The third-order valence-corrected chi connectivity index (χ3v) is 2.81. The number of methoxy groups -OCH3 is 1. The summed E-state index contributed by atoms with van der Waals surface area (Å²) in [5.41, 5.74) is 0. The molecule has 0 aromatic rings. The second-order valence-electron chi connectivity index (χ2n) is 5.21. The van der Waals surface area contributed by atoms with Crippen LogP contribution in [0.1, 0.15) is 6.42 Å². The number of carbonyl (C=O) groups excluding carboxylic acids is 1. The summed E-state index contributed by atoms with van der Waals surface area (Å²) in [4.78, 5) is 10.1. The average molecular weight is 367 g/mol. The zero-order chi connectivity index (χ0) is 19.0. The molecule has 25 heavy (non-hydrogen) atoms. The van der Waals surface area contributed by atoms with Gasteiger partial charge in [-0.05, 0) is 27.1 Å². The van der Waals surface area contributed by atoms with Crippen molar-refractivity contribution in [3.63, 3.8) is 0 Å². The smallest absolute Gasteiger partial charge is 0.106 e. The summed E-state index contributed by atoms with van der Waals surface area (Å²) in [7, 11) is 5.77. The molecule has 0 N–H and O–H groups in total. The van der Waals surface area contributed by atoms with Gasteiger partial charge in [0, 0.05) is 13.7 Å². The third kappa shape index (κ3) is 28.5. The van der Waals surface area contributed by atoms with Gasteiger partial charge < -0.3 is 38.1 Å². The Morgan fingerprint density at radius 2 is 0.920 bits per heavy atom. The molecule has 0 fully saturated rings. The van der Waals surface area contributed by atoms with Gasteiger partial charge in [0.25, 0.3) is 0 Å². The van der Waals surface area contributed by atoms with Gasteiger partial charge >= 0.3 is 0 Å². The van der Waals surface area contributed by atoms with Crippen LogP contribution in [0, 0.1) is 0 Å². The molecule has 0 aliphatic carbocycles. The van der Waals surface area contributed by atoms with Gasteiger partial charge in [-0.15, -0.1) is 0 Å². The fourth-order valence-electron chi connectivity index (χ4n) is 1.61. The molecule has 0 unspecified atom stereocenters. The van der Waals surface area contributed by atoms with Gasteiger partial charge in [0.15, 0.2) is 0 Å². The summed E-state index contributed by atoms with van der Waals surface area (Å²) in [6, 6.07) is 0. The number of rotatable bonds is 19. The van der Waals surface area contributed by atoms with Crippen molar-refractivity contribution in [3.8, 4) is 0 Å². The van der Waals surface area contributed by atoms with Crippen molar-refractivity contribution in [3.05, 3.63) is 0 Å². The van der Waals surface area contributed by atoms with Gasteiger partial charge in [0.05, 0.1) is 66.1 Å². The van der Waals surface area contributed by atoms with E-state index in [1.165, 1.54) is 0 Å². The minimum atomic E-state index is 0.572. The van der Waals surface area contributed by atoms with Gasteiger partial charge in [-0.3, -0.25) is 0 Å². The van der Waals surface area contributed by atoms with Crippen LogP contribution >= 0.6 is 0 Å². The SMILES string of the molecule is C=O.COCCOCCOCCOCCOCCOCCCN(C)C. The van der Waals surface area contributed by atoms with Gasteiger partial charge in [-0.1, -0.05) is 0 Å². The van der Waals surface area contributed by atoms with E-state index < -0.39 is 0 Å². The second kappa shape index (κ2) is 25.6. The monoisotopic (exact) mass is 367 g/mol. The summed E-state index contributed by atoms with van der Waals surface area (Å²) in [5, 5.41) is 0. The molecule has 0 radical (unpaired) electrons. The molecular formula is C17H37NO7. The highest BCUT2D eigenvalue weighted by Crippen LogP contribution is 1.87. The molecule has 8 heteroatoms. The van der Waals surface area contributed by atoms with Crippen LogP contribution in [0.15, 0.2) is 0 Å². The first kappa shape index (κ1) is 26.6. The molecule has 0 aromatic carbocycles. The summed E-state index contributed by atoms with van der Waals surface area (Å²) < 4.78 is 31.8. The van der Waals surface area contributed by atoms with E-state index in [0.29, 0.717) is 66.1 Å². The summed E-state index contributed by atoms with van der Waals surface area (Å²) in [5.74, 6) is 0. The quantitative estimate of drug-likeness (QED) is 0.305. The van der Waals surface area contributed by atoms with Crippen molar-refractivity contribution < 1.29 is 33.2 Å². The Hall–Kier alpha value is -0.610. The highest BCUT2D eigenvalue weighted by molar-refractivity contribution is 5.10. The maximum absolute atomic E-state index is 8.00. The van der Waals surface area contributed by atoms with Crippen molar-refractivity contribution in [2.45, 2.75) is 6.42 Å². The topological polar surface area (TPSA) is 75.7 Å². The predicted molar refractivity (Wildman–Crippen MR) is 96.3 cm³/mol. The number of ether oxygens (including phenoxy) is 6. The molecule has 8 nitrogen and oxygen atoms in total. The molecule has 0 saturated carbocycles. The van der Waals surface area contributed by atoms with Crippen LogP contribution in [-0.4, -0.2) is 112 Å².